The Morgan fingerprint density at radius 3 is 2.59 bits per heavy atom. The van der Waals surface area contributed by atoms with E-state index in [4.69, 9.17) is 4.74 Å². The Morgan fingerprint density at radius 1 is 1.03 bits per heavy atom. The van der Waals surface area contributed by atoms with Gasteiger partial charge in [0, 0.05) is 29.1 Å². The lowest BCUT2D eigenvalue weighted by molar-refractivity contribution is -0.385. The Balaban J connectivity index is 1.39. The number of nitro groups is 1. The normalized spacial score (nSPS) is 14.3. The summed E-state index contributed by atoms with van der Waals surface area (Å²) in [5.74, 6) is 1.14. The maximum Gasteiger partial charge on any atom is 0.373 e. The number of halogens is 1. The van der Waals surface area contributed by atoms with Crippen LogP contribution in [-0.2, 0) is 6.42 Å². The fourth-order valence-corrected chi connectivity index (χ4v) is 4.87. The van der Waals surface area contributed by atoms with Crippen LogP contribution in [0.3, 0.4) is 0 Å². The Morgan fingerprint density at radius 2 is 1.82 bits per heavy atom. The van der Waals surface area contributed by atoms with Crippen LogP contribution in [0.15, 0.2) is 71.6 Å². The molecule has 2 aromatic carbocycles. The molecule has 0 bridgehead atoms. The number of rotatable bonds is 6. The van der Waals surface area contributed by atoms with E-state index < -0.39 is 4.92 Å². The van der Waals surface area contributed by atoms with Crippen molar-refractivity contribution >= 4 is 38.3 Å². The number of pyridine rings is 1. The summed E-state index contributed by atoms with van der Waals surface area (Å²) in [4.78, 5) is 26.4. The highest BCUT2D eigenvalue weighted by Crippen LogP contribution is 2.40. The number of nitrogens with zero attached hydrogens (tertiary/aromatic N) is 5. The number of fused-ring (bicyclic) bond motifs is 1. The monoisotopic (exact) mass is 519 g/mol. The molecule has 9 heteroatoms. The average Bonchev–Trinajstić information content (AvgIpc) is 2.87. The summed E-state index contributed by atoms with van der Waals surface area (Å²) >= 11 is 3.51. The van der Waals surface area contributed by atoms with E-state index in [1.165, 1.54) is 11.9 Å². The van der Waals surface area contributed by atoms with Crippen molar-refractivity contribution < 1.29 is 9.66 Å². The lowest BCUT2D eigenvalue weighted by Gasteiger charge is -2.32. The van der Waals surface area contributed by atoms with Crippen LogP contribution in [0, 0.1) is 16.0 Å². The van der Waals surface area contributed by atoms with E-state index in [-0.39, 0.29) is 11.6 Å². The second kappa shape index (κ2) is 9.72. The first-order valence-electron chi connectivity index (χ1n) is 11.1. The minimum absolute atomic E-state index is 0.0873. The highest BCUT2D eigenvalue weighted by molar-refractivity contribution is 9.10. The molecule has 5 rings (SSSR count). The standard InChI is InChI=1S/C25H22BrN5O3/c26-20-8-9-21(22-19(20)7-4-12-27-22)34-25-23(31(32)33)24(28-16-29-25)30-13-10-18(11-14-30)15-17-5-2-1-3-6-17/h1-9,12,16,18H,10-11,13-15H2. The highest BCUT2D eigenvalue weighted by Gasteiger charge is 2.31. The van der Waals surface area contributed by atoms with Crippen LogP contribution < -0.4 is 9.64 Å². The number of hydrogen-bond acceptors (Lipinski definition) is 7. The lowest BCUT2D eigenvalue weighted by atomic mass is 9.90. The van der Waals surface area contributed by atoms with Gasteiger partial charge in [-0.2, -0.15) is 4.98 Å². The Labute approximate surface area is 204 Å². The van der Waals surface area contributed by atoms with Gasteiger partial charge in [-0.3, -0.25) is 15.1 Å². The third-order valence-electron chi connectivity index (χ3n) is 6.12. The number of benzene rings is 2. The largest absolute Gasteiger partial charge is 0.431 e. The van der Waals surface area contributed by atoms with Gasteiger partial charge in [0.2, 0.25) is 5.82 Å². The quantitative estimate of drug-likeness (QED) is 0.229. The lowest BCUT2D eigenvalue weighted by Crippen LogP contribution is -2.35. The SMILES string of the molecule is O=[N+]([O-])c1c(Oc2ccc(Br)c3cccnc23)ncnc1N1CCC(Cc2ccccc2)CC1. The third-order valence-corrected chi connectivity index (χ3v) is 6.81. The van der Waals surface area contributed by atoms with Gasteiger partial charge < -0.3 is 9.64 Å². The molecule has 0 aliphatic carbocycles. The maximum absolute atomic E-state index is 12.1. The molecular weight excluding hydrogens is 498 g/mol. The number of aromatic nitrogens is 3. The summed E-state index contributed by atoms with van der Waals surface area (Å²) in [5, 5.41) is 12.9. The molecule has 0 radical (unpaired) electrons. The predicted molar refractivity (Wildman–Crippen MR) is 133 cm³/mol. The van der Waals surface area contributed by atoms with E-state index in [1.807, 2.05) is 29.2 Å². The molecule has 172 valence electrons. The molecule has 0 amide bonds. The Bertz CT molecular complexity index is 1330. The highest BCUT2D eigenvalue weighted by atomic mass is 79.9. The van der Waals surface area contributed by atoms with Gasteiger partial charge in [0.05, 0.1) is 4.92 Å². The zero-order valence-corrected chi connectivity index (χ0v) is 19.9. The fourth-order valence-electron chi connectivity index (χ4n) is 4.41. The van der Waals surface area contributed by atoms with E-state index in [2.05, 4.69) is 55.1 Å². The van der Waals surface area contributed by atoms with Gasteiger partial charge in [-0.1, -0.05) is 52.3 Å². The van der Waals surface area contributed by atoms with E-state index in [1.54, 1.807) is 12.3 Å². The smallest absolute Gasteiger partial charge is 0.373 e. The predicted octanol–water partition coefficient (Wildman–Crippen LogP) is 5.95. The first-order chi connectivity index (χ1) is 16.6. The van der Waals surface area contributed by atoms with Crippen LogP contribution in [0.4, 0.5) is 11.5 Å². The summed E-state index contributed by atoms with van der Waals surface area (Å²) < 4.78 is 6.83. The summed E-state index contributed by atoms with van der Waals surface area (Å²) in [5.41, 5.74) is 1.68. The summed E-state index contributed by atoms with van der Waals surface area (Å²) in [6, 6.07) is 17.7. The number of ether oxygens (including phenoxy) is 1. The Kier molecular flexibility index (Phi) is 6.35. The molecule has 34 heavy (non-hydrogen) atoms. The minimum Gasteiger partial charge on any atom is -0.431 e. The molecule has 2 aromatic heterocycles. The average molecular weight is 520 g/mol. The molecular formula is C25H22BrN5O3. The van der Waals surface area contributed by atoms with Crippen molar-refractivity contribution in [1.29, 1.82) is 0 Å². The van der Waals surface area contributed by atoms with Crippen LogP contribution in [0.5, 0.6) is 11.6 Å². The maximum atomic E-state index is 12.1. The van der Waals surface area contributed by atoms with Crippen LogP contribution >= 0.6 is 15.9 Å². The molecule has 1 aliphatic rings. The van der Waals surface area contributed by atoms with Gasteiger partial charge in [-0.15, -0.1) is 0 Å². The van der Waals surface area contributed by atoms with Crippen LogP contribution in [0.25, 0.3) is 10.9 Å². The molecule has 0 atom stereocenters. The number of hydrogen-bond donors (Lipinski definition) is 0. The van der Waals surface area contributed by atoms with Crippen LogP contribution in [0.1, 0.15) is 18.4 Å². The van der Waals surface area contributed by atoms with Gasteiger partial charge in [0.1, 0.15) is 11.8 Å². The van der Waals surface area contributed by atoms with Crippen molar-refractivity contribution in [2.45, 2.75) is 19.3 Å². The summed E-state index contributed by atoms with van der Waals surface area (Å²) in [7, 11) is 0. The first kappa shape index (κ1) is 22.2. The van der Waals surface area contributed by atoms with Crippen molar-refractivity contribution in [3.63, 3.8) is 0 Å². The molecule has 3 heterocycles. The topological polar surface area (TPSA) is 94.3 Å². The molecule has 0 unspecified atom stereocenters. The van der Waals surface area contributed by atoms with Gasteiger partial charge >= 0.3 is 11.6 Å². The van der Waals surface area contributed by atoms with Crippen molar-refractivity contribution in [3.05, 3.63) is 87.3 Å². The van der Waals surface area contributed by atoms with Gasteiger partial charge in [0.15, 0.2) is 5.75 Å². The van der Waals surface area contributed by atoms with Crippen LogP contribution in [0.2, 0.25) is 0 Å². The molecule has 0 saturated carbocycles. The van der Waals surface area contributed by atoms with Crippen molar-refractivity contribution in [3.8, 4) is 11.6 Å². The van der Waals surface area contributed by atoms with E-state index in [0.29, 0.717) is 36.1 Å². The Hall–Kier alpha value is -3.59. The molecule has 1 aliphatic heterocycles. The van der Waals surface area contributed by atoms with E-state index in [0.717, 1.165) is 29.1 Å². The molecule has 1 saturated heterocycles. The minimum atomic E-state index is -0.463. The van der Waals surface area contributed by atoms with E-state index in [9.17, 15) is 10.1 Å². The fraction of sp³-hybridized carbons (Fsp3) is 0.240. The summed E-state index contributed by atoms with van der Waals surface area (Å²) in [6.07, 6.45) is 5.86. The molecule has 0 N–H and O–H groups in total. The molecule has 0 spiro atoms. The van der Waals surface area contributed by atoms with Crippen LogP contribution in [-0.4, -0.2) is 33.0 Å². The van der Waals surface area contributed by atoms with E-state index >= 15 is 0 Å². The van der Waals surface area contributed by atoms with Gasteiger partial charge in [0.25, 0.3) is 0 Å². The number of piperidine rings is 1. The second-order valence-corrected chi connectivity index (χ2v) is 9.13. The molecule has 4 aromatic rings. The summed E-state index contributed by atoms with van der Waals surface area (Å²) in [6.45, 7) is 1.38. The van der Waals surface area contributed by atoms with Crippen molar-refractivity contribution in [2.24, 2.45) is 5.92 Å². The zero-order valence-electron chi connectivity index (χ0n) is 18.3. The molecule has 1 fully saturated rings. The first-order valence-corrected chi connectivity index (χ1v) is 11.9. The van der Waals surface area contributed by atoms with Crippen molar-refractivity contribution in [2.75, 3.05) is 18.0 Å². The second-order valence-electron chi connectivity index (χ2n) is 8.28. The third kappa shape index (κ3) is 4.56. The molecule has 8 nitrogen and oxygen atoms in total. The van der Waals surface area contributed by atoms with Gasteiger partial charge in [-0.05, 0) is 48.9 Å². The van der Waals surface area contributed by atoms with Gasteiger partial charge in [-0.25, -0.2) is 4.98 Å². The zero-order chi connectivity index (χ0) is 23.5. The van der Waals surface area contributed by atoms with Crippen molar-refractivity contribution in [1.82, 2.24) is 15.0 Å². The number of anilines is 1.